The third kappa shape index (κ3) is 3.18. The van der Waals surface area contributed by atoms with Crippen LogP contribution in [0.25, 0.3) is 0 Å². The number of methoxy groups -OCH3 is 1. The van der Waals surface area contributed by atoms with Crippen molar-refractivity contribution < 1.29 is 9.53 Å². The first-order valence-electron chi connectivity index (χ1n) is 4.56. The van der Waals surface area contributed by atoms with Gasteiger partial charge in [-0.05, 0) is 18.1 Å². The number of carbonyl (C=O) groups is 1. The summed E-state index contributed by atoms with van der Waals surface area (Å²) in [5, 5.41) is 3.02. The van der Waals surface area contributed by atoms with Gasteiger partial charge in [-0.25, -0.2) is 0 Å². The second-order valence-corrected chi connectivity index (χ2v) is 3.11. The van der Waals surface area contributed by atoms with E-state index in [2.05, 4.69) is 23.0 Å². The summed E-state index contributed by atoms with van der Waals surface area (Å²) in [5.41, 5.74) is 2.43. The van der Waals surface area contributed by atoms with Crippen LogP contribution in [0.3, 0.4) is 0 Å². The minimum Gasteiger partial charge on any atom is -0.468 e. The van der Waals surface area contributed by atoms with E-state index in [0.29, 0.717) is 6.54 Å². The maximum atomic E-state index is 10.8. The molecule has 0 aliphatic carbocycles. The van der Waals surface area contributed by atoms with Crippen LogP contribution >= 0.6 is 0 Å². The molecule has 0 aliphatic rings. The molecule has 0 aromatic heterocycles. The van der Waals surface area contributed by atoms with Crippen molar-refractivity contribution in [1.29, 1.82) is 0 Å². The average molecular weight is 193 g/mol. The predicted molar refractivity (Wildman–Crippen MR) is 54.9 cm³/mol. The van der Waals surface area contributed by atoms with Crippen LogP contribution in [-0.2, 0) is 16.1 Å². The molecule has 0 saturated heterocycles. The van der Waals surface area contributed by atoms with Crippen LogP contribution < -0.4 is 5.32 Å². The molecule has 3 nitrogen and oxygen atoms in total. The highest BCUT2D eigenvalue weighted by Crippen LogP contribution is 2.05. The Morgan fingerprint density at radius 2 is 2.14 bits per heavy atom. The maximum absolute atomic E-state index is 10.8. The second-order valence-electron chi connectivity index (χ2n) is 3.11. The van der Waals surface area contributed by atoms with Gasteiger partial charge in [-0.1, -0.05) is 24.3 Å². The number of aryl methyl sites for hydroxylation is 1. The molecule has 0 saturated carbocycles. The van der Waals surface area contributed by atoms with Gasteiger partial charge in [-0.2, -0.15) is 0 Å². The summed E-state index contributed by atoms with van der Waals surface area (Å²) in [5.74, 6) is -0.237. The van der Waals surface area contributed by atoms with E-state index in [4.69, 9.17) is 0 Å². The number of hydrogen-bond donors (Lipinski definition) is 1. The molecule has 0 radical (unpaired) electrons. The van der Waals surface area contributed by atoms with Crippen LogP contribution in [0.15, 0.2) is 24.3 Å². The number of hydrogen-bond acceptors (Lipinski definition) is 3. The standard InChI is InChI=1S/C11H15NO2/c1-9-5-3-4-6-10(9)7-12-8-11(13)14-2/h3-6,12H,7-8H2,1-2H3. The van der Waals surface area contributed by atoms with Gasteiger partial charge >= 0.3 is 5.97 Å². The number of benzene rings is 1. The van der Waals surface area contributed by atoms with E-state index < -0.39 is 0 Å². The first kappa shape index (κ1) is 10.7. The molecular weight excluding hydrogens is 178 g/mol. The molecule has 14 heavy (non-hydrogen) atoms. The fraction of sp³-hybridized carbons (Fsp3) is 0.364. The topological polar surface area (TPSA) is 38.3 Å². The Bertz CT molecular complexity index is 310. The Morgan fingerprint density at radius 3 is 2.79 bits per heavy atom. The largest absolute Gasteiger partial charge is 0.468 e. The Morgan fingerprint density at radius 1 is 1.43 bits per heavy atom. The molecule has 3 heteroatoms. The highest BCUT2D eigenvalue weighted by Gasteiger charge is 2.00. The molecule has 0 unspecified atom stereocenters. The Hall–Kier alpha value is -1.35. The van der Waals surface area contributed by atoms with Crippen LogP contribution in [-0.4, -0.2) is 19.6 Å². The molecule has 0 aliphatic heterocycles. The molecule has 1 N–H and O–H groups in total. The predicted octanol–water partition coefficient (Wildman–Crippen LogP) is 1.26. The lowest BCUT2D eigenvalue weighted by molar-refractivity contribution is -0.139. The van der Waals surface area contributed by atoms with Crippen LogP contribution in [0.4, 0.5) is 0 Å². The van der Waals surface area contributed by atoms with Crippen LogP contribution in [0.2, 0.25) is 0 Å². The average Bonchev–Trinajstić information content (AvgIpc) is 2.20. The molecule has 0 bridgehead atoms. The third-order valence-electron chi connectivity index (χ3n) is 2.07. The summed E-state index contributed by atoms with van der Waals surface area (Å²) >= 11 is 0. The number of nitrogens with one attached hydrogen (secondary N) is 1. The maximum Gasteiger partial charge on any atom is 0.319 e. The number of ether oxygens (including phenoxy) is 1. The summed E-state index contributed by atoms with van der Waals surface area (Å²) in [6.07, 6.45) is 0. The van der Waals surface area contributed by atoms with Crippen molar-refractivity contribution in [2.45, 2.75) is 13.5 Å². The number of esters is 1. The zero-order valence-electron chi connectivity index (χ0n) is 8.54. The summed E-state index contributed by atoms with van der Waals surface area (Å²) in [6.45, 7) is 3.00. The molecule has 0 fully saturated rings. The van der Waals surface area contributed by atoms with Crippen LogP contribution in [0.1, 0.15) is 11.1 Å². The van der Waals surface area contributed by atoms with Gasteiger partial charge < -0.3 is 10.1 Å². The second kappa shape index (κ2) is 5.40. The quantitative estimate of drug-likeness (QED) is 0.731. The first-order valence-corrected chi connectivity index (χ1v) is 4.56. The lowest BCUT2D eigenvalue weighted by Gasteiger charge is -2.06. The Balaban J connectivity index is 2.39. The fourth-order valence-corrected chi connectivity index (χ4v) is 1.18. The highest BCUT2D eigenvalue weighted by atomic mass is 16.5. The minimum atomic E-state index is -0.237. The summed E-state index contributed by atoms with van der Waals surface area (Å²) in [6, 6.07) is 8.08. The van der Waals surface area contributed by atoms with Gasteiger partial charge in [-0.15, -0.1) is 0 Å². The van der Waals surface area contributed by atoms with E-state index in [-0.39, 0.29) is 12.5 Å². The van der Waals surface area contributed by atoms with Crippen molar-refractivity contribution >= 4 is 5.97 Å². The Kier molecular flexibility index (Phi) is 4.13. The van der Waals surface area contributed by atoms with Crippen LogP contribution in [0.5, 0.6) is 0 Å². The monoisotopic (exact) mass is 193 g/mol. The zero-order valence-corrected chi connectivity index (χ0v) is 8.54. The van der Waals surface area contributed by atoms with E-state index in [1.54, 1.807) is 0 Å². The van der Waals surface area contributed by atoms with Gasteiger partial charge in [0.15, 0.2) is 0 Å². The van der Waals surface area contributed by atoms with E-state index in [9.17, 15) is 4.79 Å². The molecule has 1 rings (SSSR count). The normalized spacial score (nSPS) is 9.86. The summed E-state index contributed by atoms with van der Waals surface area (Å²) < 4.78 is 4.52. The molecule has 0 spiro atoms. The van der Waals surface area contributed by atoms with Crippen molar-refractivity contribution in [3.63, 3.8) is 0 Å². The van der Waals surface area contributed by atoms with Crippen molar-refractivity contribution in [2.75, 3.05) is 13.7 Å². The summed E-state index contributed by atoms with van der Waals surface area (Å²) in [7, 11) is 1.39. The minimum absolute atomic E-state index is 0.237. The lowest BCUT2D eigenvalue weighted by Crippen LogP contribution is -2.23. The zero-order chi connectivity index (χ0) is 10.4. The fourth-order valence-electron chi connectivity index (χ4n) is 1.18. The Labute approximate surface area is 84.1 Å². The lowest BCUT2D eigenvalue weighted by atomic mass is 10.1. The van der Waals surface area contributed by atoms with Crippen molar-refractivity contribution in [3.05, 3.63) is 35.4 Å². The van der Waals surface area contributed by atoms with Crippen molar-refractivity contribution in [3.8, 4) is 0 Å². The molecule has 1 aromatic carbocycles. The van der Waals surface area contributed by atoms with Gasteiger partial charge in [0, 0.05) is 6.54 Å². The SMILES string of the molecule is COC(=O)CNCc1ccccc1C. The molecule has 0 amide bonds. The van der Waals surface area contributed by atoms with Crippen molar-refractivity contribution in [2.24, 2.45) is 0 Å². The van der Waals surface area contributed by atoms with E-state index >= 15 is 0 Å². The smallest absolute Gasteiger partial charge is 0.319 e. The highest BCUT2D eigenvalue weighted by molar-refractivity contribution is 5.71. The third-order valence-corrected chi connectivity index (χ3v) is 2.07. The summed E-state index contributed by atoms with van der Waals surface area (Å²) in [4.78, 5) is 10.8. The molecular formula is C11H15NO2. The van der Waals surface area contributed by atoms with Gasteiger partial charge in [-0.3, -0.25) is 4.79 Å². The number of rotatable bonds is 4. The van der Waals surface area contributed by atoms with Gasteiger partial charge in [0.25, 0.3) is 0 Å². The van der Waals surface area contributed by atoms with Gasteiger partial charge in [0.05, 0.1) is 13.7 Å². The molecule has 76 valence electrons. The first-order chi connectivity index (χ1) is 6.74. The van der Waals surface area contributed by atoms with E-state index in [1.165, 1.54) is 18.2 Å². The molecule has 0 heterocycles. The van der Waals surface area contributed by atoms with Gasteiger partial charge in [0.2, 0.25) is 0 Å². The van der Waals surface area contributed by atoms with Crippen molar-refractivity contribution in [1.82, 2.24) is 5.32 Å². The van der Waals surface area contributed by atoms with Gasteiger partial charge in [0.1, 0.15) is 0 Å². The van der Waals surface area contributed by atoms with E-state index in [0.717, 1.165) is 0 Å². The molecule has 1 aromatic rings. The molecule has 0 atom stereocenters. The van der Waals surface area contributed by atoms with E-state index in [1.807, 2.05) is 18.2 Å². The number of carbonyl (C=O) groups excluding carboxylic acids is 1. The van der Waals surface area contributed by atoms with Crippen LogP contribution in [0, 0.1) is 6.92 Å².